The standard InChI is InChI=1S/C19H18N2O3/c1-12-7-8-16(14(3)9-12)24-17(22)10-21-11-20-18-13(2)5-4-6-15(18)19(21)23/h4-9,11H,10H2,1-3H3. The van der Waals surface area contributed by atoms with Crippen molar-refractivity contribution in [1.82, 2.24) is 9.55 Å². The van der Waals surface area contributed by atoms with E-state index in [9.17, 15) is 9.59 Å². The number of hydrogen-bond donors (Lipinski definition) is 0. The van der Waals surface area contributed by atoms with Gasteiger partial charge in [0.2, 0.25) is 0 Å². The first kappa shape index (κ1) is 15.9. The molecular weight excluding hydrogens is 304 g/mol. The highest BCUT2D eigenvalue weighted by atomic mass is 16.5. The van der Waals surface area contributed by atoms with Crippen molar-refractivity contribution in [2.24, 2.45) is 0 Å². The van der Waals surface area contributed by atoms with Gasteiger partial charge in [0.05, 0.1) is 17.2 Å². The van der Waals surface area contributed by atoms with Crippen molar-refractivity contribution in [3.05, 3.63) is 69.8 Å². The number of benzene rings is 2. The minimum absolute atomic E-state index is 0.178. The smallest absolute Gasteiger partial charge is 0.331 e. The summed E-state index contributed by atoms with van der Waals surface area (Å²) in [6, 6.07) is 11.0. The molecule has 0 fully saturated rings. The molecule has 0 saturated heterocycles. The van der Waals surface area contributed by atoms with Gasteiger partial charge in [-0.3, -0.25) is 9.36 Å². The SMILES string of the molecule is Cc1ccc(OC(=O)Cn2cnc3c(C)cccc3c2=O)c(C)c1. The minimum atomic E-state index is -0.502. The van der Waals surface area contributed by atoms with E-state index in [4.69, 9.17) is 4.74 Å². The molecule has 122 valence electrons. The molecule has 0 aliphatic carbocycles. The molecule has 24 heavy (non-hydrogen) atoms. The molecule has 1 aromatic heterocycles. The number of ether oxygens (including phenoxy) is 1. The Morgan fingerprint density at radius 3 is 2.67 bits per heavy atom. The molecular formula is C19H18N2O3. The predicted octanol–water partition coefficient (Wildman–Crippen LogP) is 2.93. The van der Waals surface area contributed by atoms with Crippen LogP contribution in [-0.4, -0.2) is 15.5 Å². The number of para-hydroxylation sites is 1. The third kappa shape index (κ3) is 3.06. The molecule has 0 unspecified atom stereocenters. The van der Waals surface area contributed by atoms with E-state index in [0.29, 0.717) is 16.7 Å². The van der Waals surface area contributed by atoms with Gasteiger partial charge in [0, 0.05) is 0 Å². The van der Waals surface area contributed by atoms with E-state index in [1.165, 1.54) is 10.9 Å². The molecule has 0 spiro atoms. The van der Waals surface area contributed by atoms with E-state index in [1.54, 1.807) is 18.2 Å². The number of hydrogen-bond acceptors (Lipinski definition) is 4. The zero-order valence-corrected chi connectivity index (χ0v) is 13.9. The summed E-state index contributed by atoms with van der Waals surface area (Å²) >= 11 is 0. The van der Waals surface area contributed by atoms with Crippen LogP contribution in [0.25, 0.3) is 10.9 Å². The third-order valence-electron chi connectivity index (χ3n) is 3.91. The average Bonchev–Trinajstić information content (AvgIpc) is 2.53. The van der Waals surface area contributed by atoms with E-state index in [-0.39, 0.29) is 12.1 Å². The van der Waals surface area contributed by atoms with Gasteiger partial charge in [0.15, 0.2) is 0 Å². The Bertz CT molecular complexity index is 990. The van der Waals surface area contributed by atoms with E-state index in [1.807, 2.05) is 39.0 Å². The first-order valence-electron chi connectivity index (χ1n) is 7.68. The average molecular weight is 322 g/mol. The summed E-state index contributed by atoms with van der Waals surface area (Å²) in [6.07, 6.45) is 1.39. The number of nitrogens with zero attached hydrogens (tertiary/aromatic N) is 2. The maximum absolute atomic E-state index is 12.5. The van der Waals surface area contributed by atoms with Crippen LogP contribution in [0.4, 0.5) is 0 Å². The van der Waals surface area contributed by atoms with Gasteiger partial charge in [-0.1, -0.05) is 29.8 Å². The molecule has 3 rings (SSSR count). The summed E-state index contributed by atoms with van der Waals surface area (Å²) in [5.41, 5.74) is 3.30. The number of aryl methyl sites for hydroxylation is 3. The Morgan fingerprint density at radius 1 is 1.12 bits per heavy atom. The predicted molar refractivity (Wildman–Crippen MR) is 92.3 cm³/mol. The van der Waals surface area contributed by atoms with Crippen LogP contribution < -0.4 is 10.3 Å². The second-order valence-electron chi connectivity index (χ2n) is 5.89. The van der Waals surface area contributed by atoms with Crippen molar-refractivity contribution in [3.63, 3.8) is 0 Å². The van der Waals surface area contributed by atoms with Crippen LogP contribution >= 0.6 is 0 Å². The molecule has 3 aromatic rings. The Morgan fingerprint density at radius 2 is 1.92 bits per heavy atom. The summed E-state index contributed by atoms with van der Waals surface area (Å²) in [5.74, 6) is 0.00102. The van der Waals surface area contributed by atoms with E-state index >= 15 is 0 Å². The molecule has 1 heterocycles. The van der Waals surface area contributed by atoms with Gasteiger partial charge in [0.1, 0.15) is 12.3 Å². The number of esters is 1. The molecule has 0 radical (unpaired) electrons. The molecule has 0 bridgehead atoms. The lowest BCUT2D eigenvalue weighted by Gasteiger charge is -2.10. The molecule has 0 amide bonds. The zero-order chi connectivity index (χ0) is 17.3. The van der Waals surface area contributed by atoms with Gasteiger partial charge in [-0.15, -0.1) is 0 Å². The summed E-state index contributed by atoms with van der Waals surface area (Å²) < 4.78 is 6.64. The Kier molecular flexibility index (Phi) is 4.16. The maximum atomic E-state index is 12.5. The van der Waals surface area contributed by atoms with Crippen LogP contribution in [0.3, 0.4) is 0 Å². The van der Waals surface area contributed by atoms with Crippen molar-refractivity contribution >= 4 is 16.9 Å². The first-order chi connectivity index (χ1) is 11.5. The fraction of sp³-hybridized carbons (Fsp3) is 0.211. The quantitative estimate of drug-likeness (QED) is 0.549. The van der Waals surface area contributed by atoms with Crippen molar-refractivity contribution in [1.29, 1.82) is 0 Å². The van der Waals surface area contributed by atoms with Crippen LogP contribution in [0.5, 0.6) is 5.75 Å². The Hall–Kier alpha value is -2.95. The van der Waals surface area contributed by atoms with Crippen molar-refractivity contribution in [2.45, 2.75) is 27.3 Å². The molecule has 0 aliphatic heterocycles. The Labute approximate surface area is 139 Å². The van der Waals surface area contributed by atoms with Gasteiger partial charge in [-0.25, -0.2) is 9.78 Å². The fourth-order valence-corrected chi connectivity index (χ4v) is 2.66. The highest BCUT2D eigenvalue weighted by Gasteiger charge is 2.12. The number of carbonyl (C=O) groups excluding carboxylic acids is 1. The van der Waals surface area contributed by atoms with E-state index in [2.05, 4.69) is 4.98 Å². The highest BCUT2D eigenvalue weighted by Crippen LogP contribution is 2.19. The van der Waals surface area contributed by atoms with Gasteiger partial charge in [0.25, 0.3) is 5.56 Å². The molecule has 0 atom stereocenters. The van der Waals surface area contributed by atoms with Crippen LogP contribution in [0.15, 0.2) is 47.5 Å². The monoisotopic (exact) mass is 322 g/mol. The number of carbonyl (C=O) groups is 1. The van der Waals surface area contributed by atoms with Crippen molar-refractivity contribution in [3.8, 4) is 5.75 Å². The maximum Gasteiger partial charge on any atom is 0.331 e. The first-order valence-corrected chi connectivity index (χ1v) is 7.68. The molecule has 0 aliphatic rings. The van der Waals surface area contributed by atoms with E-state index < -0.39 is 5.97 Å². The topological polar surface area (TPSA) is 61.2 Å². The third-order valence-corrected chi connectivity index (χ3v) is 3.91. The summed E-state index contributed by atoms with van der Waals surface area (Å²) in [7, 11) is 0. The molecule has 2 aromatic carbocycles. The van der Waals surface area contributed by atoms with Gasteiger partial charge in [-0.05, 0) is 44.0 Å². The van der Waals surface area contributed by atoms with Crippen LogP contribution in [-0.2, 0) is 11.3 Å². The number of fused-ring (bicyclic) bond motifs is 1. The van der Waals surface area contributed by atoms with E-state index in [0.717, 1.165) is 16.7 Å². The molecule has 0 N–H and O–H groups in total. The minimum Gasteiger partial charge on any atom is -0.425 e. The second-order valence-corrected chi connectivity index (χ2v) is 5.89. The number of rotatable bonds is 3. The molecule has 0 saturated carbocycles. The van der Waals surface area contributed by atoms with Crippen LogP contribution in [0.1, 0.15) is 16.7 Å². The normalized spacial score (nSPS) is 10.8. The lowest BCUT2D eigenvalue weighted by atomic mass is 10.1. The second kappa shape index (κ2) is 6.28. The van der Waals surface area contributed by atoms with Gasteiger partial charge in [-0.2, -0.15) is 0 Å². The van der Waals surface area contributed by atoms with Crippen molar-refractivity contribution < 1.29 is 9.53 Å². The fourth-order valence-electron chi connectivity index (χ4n) is 2.66. The molecule has 5 heteroatoms. The molecule has 5 nitrogen and oxygen atoms in total. The summed E-state index contributed by atoms with van der Waals surface area (Å²) in [6.45, 7) is 5.57. The van der Waals surface area contributed by atoms with Gasteiger partial charge < -0.3 is 4.74 Å². The Balaban J connectivity index is 1.86. The zero-order valence-electron chi connectivity index (χ0n) is 13.9. The lowest BCUT2D eigenvalue weighted by molar-refractivity contribution is -0.135. The summed E-state index contributed by atoms with van der Waals surface area (Å²) in [5, 5.41) is 0.497. The van der Waals surface area contributed by atoms with Crippen LogP contribution in [0, 0.1) is 20.8 Å². The highest BCUT2D eigenvalue weighted by molar-refractivity contribution is 5.81. The number of aromatic nitrogens is 2. The largest absolute Gasteiger partial charge is 0.425 e. The van der Waals surface area contributed by atoms with Gasteiger partial charge >= 0.3 is 5.97 Å². The van der Waals surface area contributed by atoms with Crippen LogP contribution in [0.2, 0.25) is 0 Å². The van der Waals surface area contributed by atoms with Crippen molar-refractivity contribution in [2.75, 3.05) is 0 Å². The summed E-state index contributed by atoms with van der Waals surface area (Å²) in [4.78, 5) is 28.9. The lowest BCUT2D eigenvalue weighted by Crippen LogP contribution is -2.27.